The average molecular weight is 544 g/mol. The minimum Gasteiger partial charge on any atom is -0.484 e. The Hall–Kier alpha value is -1.76. The predicted octanol–water partition coefficient (Wildman–Crippen LogP) is 6.02. The van der Waals surface area contributed by atoms with Crippen molar-refractivity contribution in [2.75, 3.05) is 13.2 Å². The van der Waals surface area contributed by atoms with Gasteiger partial charge >= 0.3 is 0 Å². The highest BCUT2D eigenvalue weighted by atomic mass is 79.9. The molecule has 0 spiro atoms. The van der Waals surface area contributed by atoms with E-state index in [4.69, 9.17) is 27.9 Å². The first-order valence-electron chi connectivity index (χ1n) is 10.5. The topological polar surface area (TPSA) is 58.6 Å². The van der Waals surface area contributed by atoms with E-state index in [1.807, 2.05) is 39.8 Å². The van der Waals surface area contributed by atoms with Crippen molar-refractivity contribution in [3.8, 4) is 5.75 Å². The van der Waals surface area contributed by atoms with E-state index in [1.54, 1.807) is 24.3 Å². The van der Waals surface area contributed by atoms with Gasteiger partial charge in [0.25, 0.3) is 5.91 Å². The first-order valence-corrected chi connectivity index (χ1v) is 12.1. The molecule has 0 saturated carbocycles. The maximum absolute atomic E-state index is 13.2. The van der Waals surface area contributed by atoms with E-state index in [-0.39, 0.29) is 25.0 Å². The number of carbonyl (C=O) groups is 2. The van der Waals surface area contributed by atoms with Crippen LogP contribution in [0, 0.1) is 12.8 Å². The van der Waals surface area contributed by atoms with Crippen molar-refractivity contribution in [1.29, 1.82) is 0 Å². The van der Waals surface area contributed by atoms with Gasteiger partial charge in [0.05, 0.1) is 0 Å². The van der Waals surface area contributed by atoms with Crippen molar-refractivity contribution < 1.29 is 14.3 Å². The predicted molar refractivity (Wildman–Crippen MR) is 133 cm³/mol. The summed E-state index contributed by atoms with van der Waals surface area (Å²) in [6.45, 7) is 8.37. The summed E-state index contributed by atoms with van der Waals surface area (Å²) in [5.74, 6) is 0.387. The lowest BCUT2D eigenvalue weighted by Gasteiger charge is -2.31. The molecule has 0 heterocycles. The van der Waals surface area contributed by atoms with E-state index in [2.05, 4.69) is 21.2 Å². The van der Waals surface area contributed by atoms with Gasteiger partial charge in [0, 0.05) is 27.6 Å². The number of nitrogens with one attached hydrogen (secondary N) is 1. The molecule has 0 bridgehead atoms. The molecule has 5 nitrogen and oxygen atoms in total. The van der Waals surface area contributed by atoms with Gasteiger partial charge in [0.1, 0.15) is 11.8 Å². The van der Waals surface area contributed by atoms with Crippen LogP contribution in [0.5, 0.6) is 5.75 Å². The SMILES string of the molecule is CC[C@H](C(=O)NCC(C)C)N(Cc1ccc(Cl)cc1Cl)C(=O)COc1ccc(Br)c(C)c1. The summed E-state index contributed by atoms with van der Waals surface area (Å²) < 4.78 is 6.71. The number of rotatable bonds is 10. The zero-order chi connectivity index (χ0) is 23.8. The van der Waals surface area contributed by atoms with Gasteiger partial charge in [0.15, 0.2) is 6.61 Å². The van der Waals surface area contributed by atoms with Crippen LogP contribution in [0.25, 0.3) is 0 Å². The van der Waals surface area contributed by atoms with Crippen LogP contribution in [0.15, 0.2) is 40.9 Å². The molecule has 0 saturated heterocycles. The first kappa shape index (κ1) is 26.5. The molecule has 2 rings (SSSR count). The Morgan fingerprint density at radius 3 is 2.47 bits per heavy atom. The lowest BCUT2D eigenvalue weighted by molar-refractivity contribution is -0.143. The van der Waals surface area contributed by atoms with E-state index in [0.717, 1.165) is 10.0 Å². The third-order valence-electron chi connectivity index (χ3n) is 4.92. The number of benzene rings is 2. The Bertz CT molecular complexity index is 953. The second-order valence-corrected chi connectivity index (χ2v) is 9.72. The van der Waals surface area contributed by atoms with Crippen LogP contribution in [0.1, 0.15) is 38.3 Å². The standard InChI is InChI=1S/C24H29BrCl2N2O3/c1-5-22(24(31)28-12-15(2)3)29(13-17-6-7-18(26)11-21(17)27)23(30)14-32-19-8-9-20(25)16(4)10-19/h6-11,15,22H,5,12-14H2,1-4H3,(H,28,31)/t22-/m1/s1. The summed E-state index contributed by atoms with van der Waals surface area (Å²) in [6.07, 6.45) is 0.457. The number of halogens is 3. The van der Waals surface area contributed by atoms with Gasteiger partial charge in [-0.1, -0.05) is 66.0 Å². The fourth-order valence-electron chi connectivity index (χ4n) is 3.11. The smallest absolute Gasteiger partial charge is 0.261 e. The molecule has 0 unspecified atom stereocenters. The number of carbonyl (C=O) groups excluding carboxylic acids is 2. The number of hydrogen-bond acceptors (Lipinski definition) is 3. The molecule has 2 aromatic rings. The zero-order valence-electron chi connectivity index (χ0n) is 18.8. The molecule has 0 fully saturated rings. The van der Waals surface area contributed by atoms with Gasteiger partial charge < -0.3 is 15.0 Å². The van der Waals surface area contributed by atoms with E-state index in [9.17, 15) is 9.59 Å². The highest BCUT2D eigenvalue weighted by Crippen LogP contribution is 2.25. The Morgan fingerprint density at radius 1 is 1.16 bits per heavy atom. The van der Waals surface area contributed by atoms with Crippen molar-refractivity contribution >= 4 is 50.9 Å². The minimum atomic E-state index is -0.650. The number of hydrogen-bond donors (Lipinski definition) is 1. The van der Waals surface area contributed by atoms with Crippen LogP contribution in [-0.4, -0.2) is 35.9 Å². The molecule has 0 aliphatic rings. The van der Waals surface area contributed by atoms with E-state index < -0.39 is 6.04 Å². The summed E-state index contributed by atoms with van der Waals surface area (Å²) in [5, 5.41) is 3.88. The summed E-state index contributed by atoms with van der Waals surface area (Å²) >= 11 is 15.8. The molecule has 1 atom stereocenters. The monoisotopic (exact) mass is 542 g/mol. The molecule has 8 heteroatoms. The average Bonchev–Trinajstić information content (AvgIpc) is 2.74. The fraction of sp³-hybridized carbons (Fsp3) is 0.417. The number of nitrogens with zero attached hydrogens (tertiary/aromatic N) is 1. The Morgan fingerprint density at radius 2 is 1.88 bits per heavy atom. The highest BCUT2D eigenvalue weighted by molar-refractivity contribution is 9.10. The molecule has 0 aliphatic carbocycles. The van der Waals surface area contributed by atoms with Crippen LogP contribution in [0.2, 0.25) is 10.0 Å². The number of ether oxygens (including phenoxy) is 1. The van der Waals surface area contributed by atoms with Crippen molar-refractivity contribution in [1.82, 2.24) is 10.2 Å². The lowest BCUT2D eigenvalue weighted by Crippen LogP contribution is -2.50. The van der Waals surface area contributed by atoms with E-state index >= 15 is 0 Å². The quantitative estimate of drug-likeness (QED) is 0.398. The van der Waals surface area contributed by atoms with Gasteiger partial charge in [-0.25, -0.2) is 0 Å². The van der Waals surface area contributed by atoms with Crippen LogP contribution in [0.4, 0.5) is 0 Å². The van der Waals surface area contributed by atoms with Crippen molar-refractivity contribution in [3.63, 3.8) is 0 Å². The molecule has 2 aromatic carbocycles. The summed E-state index contributed by atoms with van der Waals surface area (Å²) in [6, 6.07) is 9.97. The van der Waals surface area contributed by atoms with E-state index in [1.165, 1.54) is 4.90 Å². The van der Waals surface area contributed by atoms with Crippen LogP contribution in [-0.2, 0) is 16.1 Å². The van der Waals surface area contributed by atoms with Crippen LogP contribution >= 0.6 is 39.1 Å². The maximum Gasteiger partial charge on any atom is 0.261 e. The maximum atomic E-state index is 13.2. The Balaban J connectivity index is 2.24. The number of amides is 2. The number of aryl methyl sites for hydroxylation is 1. The van der Waals surface area contributed by atoms with Crippen LogP contribution < -0.4 is 10.1 Å². The largest absolute Gasteiger partial charge is 0.484 e. The molecule has 0 aromatic heterocycles. The molecule has 0 radical (unpaired) electrons. The second kappa shape index (κ2) is 12.5. The zero-order valence-corrected chi connectivity index (χ0v) is 21.9. The molecule has 2 amide bonds. The van der Waals surface area contributed by atoms with Gasteiger partial charge in [-0.05, 0) is 60.7 Å². The molecule has 1 N–H and O–H groups in total. The first-order chi connectivity index (χ1) is 15.1. The molecule has 32 heavy (non-hydrogen) atoms. The summed E-state index contributed by atoms with van der Waals surface area (Å²) in [5.41, 5.74) is 1.71. The fourth-order valence-corrected chi connectivity index (χ4v) is 3.83. The van der Waals surface area contributed by atoms with Crippen molar-refractivity contribution in [2.24, 2.45) is 5.92 Å². The van der Waals surface area contributed by atoms with E-state index in [0.29, 0.717) is 40.2 Å². The minimum absolute atomic E-state index is 0.172. The van der Waals surface area contributed by atoms with Gasteiger partial charge in [-0.2, -0.15) is 0 Å². The van der Waals surface area contributed by atoms with Gasteiger partial charge in [-0.3, -0.25) is 9.59 Å². The third-order valence-corrected chi connectivity index (χ3v) is 6.39. The molecular formula is C24H29BrCl2N2O3. The summed E-state index contributed by atoms with van der Waals surface area (Å²) in [4.78, 5) is 27.7. The lowest BCUT2D eigenvalue weighted by atomic mass is 10.1. The molecular weight excluding hydrogens is 515 g/mol. The normalized spacial score (nSPS) is 11.9. The van der Waals surface area contributed by atoms with Crippen molar-refractivity contribution in [2.45, 2.75) is 46.7 Å². The van der Waals surface area contributed by atoms with Gasteiger partial charge in [-0.15, -0.1) is 0 Å². The summed E-state index contributed by atoms with van der Waals surface area (Å²) in [7, 11) is 0. The second-order valence-electron chi connectivity index (χ2n) is 8.02. The Labute approximate surface area is 208 Å². The van der Waals surface area contributed by atoms with Crippen LogP contribution in [0.3, 0.4) is 0 Å². The molecule has 174 valence electrons. The molecule has 0 aliphatic heterocycles. The van der Waals surface area contributed by atoms with Crippen molar-refractivity contribution in [3.05, 3.63) is 62.0 Å². The van der Waals surface area contributed by atoms with Gasteiger partial charge in [0.2, 0.25) is 5.91 Å². The highest BCUT2D eigenvalue weighted by Gasteiger charge is 2.29. The Kier molecular flexibility index (Phi) is 10.3. The third kappa shape index (κ3) is 7.68.